The highest BCUT2D eigenvalue weighted by molar-refractivity contribution is 9.10. The minimum Gasteiger partial charge on any atom is -0.394 e. The summed E-state index contributed by atoms with van der Waals surface area (Å²) in [5.74, 6) is -0.201. The monoisotopic (exact) mass is 302 g/mol. The van der Waals surface area contributed by atoms with Crippen molar-refractivity contribution in [3.63, 3.8) is 0 Å². The van der Waals surface area contributed by atoms with Crippen LogP contribution in [0.5, 0.6) is 0 Å². The number of amides is 1. The zero-order valence-corrected chi connectivity index (χ0v) is 10.8. The highest BCUT2D eigenvalue weighted by atomic mass is 79.9. The molecule has 1 rings (SSSR count). The van der Waals surface area contributed by atoms with Crippen LogP contribution in [0.25, 0.3) is 0 Å². The topological polar surface area (TPSA) is 81.6 Å². The lowest BCUT2D eigenvalue weighted by molar-refractivity contribution is -0.115. The summed E-state index contributed by atoms with van der Waals surface area (Å²) in [6.45, 7) is -0.0494. The predicted octanol–water partition coefficient (Wildman–Crippen LogP) is 0.330. The maximum absolute atomic E-state index is 11.5. The molecule has 4 N–H and O–H groups in total. The van der Waals surface area contributed by atoms with Gasteiger partial charge in [-0.3, -0.25) is 4.79 Å². The number of carbonyl (C=O) groups is 1. The number of aliphatic hydroxyl groups excluding tert-OH is 2. The standard InChI is InChI=1S/C11H15BrN2O3/c12-8-2-1-3-9(4-8)14-11(17)6-13-5-10(16)7-15/h1-4,10,13,15-16H,5-7H2,(H,14,17). The Balaban J connectivity index is 2.30. The van der Waals surface area contributed by atoms with Crippen molar-refractivity contribution in [1.29, 1.82) is 0 Å². The molecule has 94 valence electrons. The summed E-state index contributed by atoms with van der Waals surface area (Å²) in [6.07, 6.45) is -0.839. The van der Waals surface area contributed by atoms with Crippen molar-refractivity contribution in [2.75, 3.05) is 25.0 Å². The van der Waals surface area contributed by atoms with Gasteiger partial charge >= 0.3 is 0 Å². The van der Waals surface area contributed by atoms with Gasteiger partial charge in [-0.05, 0) is 18.2 Å². The number of rotatable bonds is 6. The van der Waals surface area contributed by atoms with Gasteiger partial charge < -0.3 is 20.8 Å². The molecule has 1 aromatic carbocycles. The second-order valence-corrected chi connectivity index (χ2v) is 4.44. The van der Waals surface area contributed by atoms with Gasteiger partial charge in [0.2, 0.25) is 5.91 Å². The van der Waals surface area contributed by atoms with Crippen LogP contribution in [0.4, 0.5) is 5.69 Å². The SMILES string of the molecule is O=C(CNCC(O)CO)Nc1cccc(Br)c1. The van der Waals surface area contributed by atoms with Crippen LogP contribution >= 0.6 is 15.9 Å². The van der Waals surface area contributed by atoms with E-state index < -0.39 is 6.10 Å². The van der Waals surface area contributed by atoms with Crippen LogP contribution in [-0.4, -0.2) is 41.9 Å². The Labute approximate surface area is 108 Å². The molecule has 0 fully saturated rings. The summed E-state index contributed by atoms with van der Waals surface area (Å²) in [5, 5.41) is 23.1. The van der Waals surface area contributed by atoms with Gasteiger partial charge in [-0.25, -0.2) is 0 Å². The smallest absolute Gasteiger partial charge is 0.238 e. The molecule has 5 nitrogen and oxygen atoms in total. The Morgan fingerprint density at radius 1 is 1.47 bits per heavy atom. The number of halogens is 1. The molecule has 1 amide bonds. The van der Waals surface area contributed by atoms with E-state index in [-0.39, 0.29) is 25.6 Å². The molecule has 1 atom stereocenters. The molecule has 0 bridgehead atoms. The first kappa shape index (κ1) is 14.1. The molecular formula is C11H15BrN2O3. The Morgan fingerprint density at radius 2 is 2.24 bits per heavy atom. The van der Waals surface area contributed by atoms with Gasteiger partial charge in [-0.2, -0.15) is 0 Å². The van der Waals surface area contributed by atoms with E-state index >= 15 is 0 Å². The van der Waals surface area contributed by atoms with E-state index in [4.69, 9.17) is 10.2 Å². The van der Waals surface area contributed by atoms with Crippen LogP contribution in [0.1, 0.15) is 0 Å². The number of hydrogen-bond acceptors (Lipinski definition) is 4. The number of anilines is 1. The third kappa shape index (κ3) is 5.78. The van der Waals surface area contributed by atoms with Crippen LogP contribution in [0, 0.1) is 0 Å². The number of benzene rings is 1. The highest BCUT2D eigenvalue weighted by Crippen LogP contribution is 2.15. The van der Waals surface area contributed by atoms with Crippen LogP contribution in [0.15, 0.2) is 28.7 Å². The second-order valence-electron chi connectivity index (χ2n) is 3.53. The van der Waals surface area contributed by atoms with Crippen molar-refractivity contribution >= 4 is 27.5 Å². The highest BCUT2D eigenvalue weighted by Gasteiger charge is 2.04. The van der Waals surface area contributed by atoms with Crippen LogP contribution in [0.2, 0.25) is 0 Å². The van der Waals surface area contributed by atoms with E-state index in [0.717, 1.165) is 4.47 Å². The van der Waals surface area contributed by atoms with E-state index in [1.54, 1.807) is 12.1 Å². The fourth-order valence-corrected chi connectivity index (χ4v) is 1.59. The molecule has 0 aliphatic rings. The zero-order chi connectivity index (χ0) is 12.7. The van der Waals surface area contributed by atoms with Crippen molar-refractivity contribution in [2.45, 2.75) is 6.10 Å². The first-order chi connectivity index (χ1) is 8.11. The summed E-state index contributed by atoms with van der Waals surface area (Å²) >= 11 is 3.31. The van der Waals surface area contributed by atoms with Crippen LogP contribution in [-0.2, 0) is 4.79 Å². The molecule has 0 aliphatic carbocycles. The van der Waals surface area contributed by atoms with E-state index in [1.807, 2.05) is 12.1 Å². The largest absolute Gasteiger partial charge is 0.394 e. The fourth-order valence-electron chi connectivity index (χ4n) is 1.19. The third-order valence-corrected chi connectivity index (χ3v) is 2.48. The van der Waals surface area contributed by atoms with Crippen LogP contribution in [0.3, 0.4) is 0 Å². The van der Waals surface area contributed by atoms with Gasteiger partial charge in [0.05, 0.1) is 19.3 Å². The average molecular weight is 303 g/mol. The lowest BCUT2D eigenvalue weighted by Crippen LogP contribution is -2.35. The first-order valence-electron chi connectivity index (χ1n) is 5.17. The van der Waals surface area contributed by atoms with Gasteiger partial charge in [0.15, 0.2) is 0 Å². The van der Waals surface area contributed by atoms with Crippen molar-refractivity contribution in [3.05, 3.63) is 28.7 Å². The lowest BCUT2D eigenvalue weighted by atomic mass is 10.3. The fraction of sp³-hybridized carbons (Fsp3) is 0.364. The van der Waals surface area contributed by atoms with Gasteiger partial charge in [0, 0.05) is 16.7 Å². The maximum Gasteiger partial charge on any atom is 0.238 e. The molecule has 17 heavy (non-hydrogen) atoms. The van der Waals surface area contributed by atoms with Crippen LogP contribution < -0.4 is 10.6 Å². The van der Waals surface area contributed by atoms with Gasteiger partial charge in [0.25, 0.3) is 0 Å². The molecule has 0 radical (unpaired) electrons. The van der Waals surface area contributed by atoms with Gasteiger partial charge in [-0.1, -0.05) is 22.0 Å². The minimum atomic E-state index is -0.839. The van der Waals surface area contributed by atoms with E-state index in [2.05, 4.69) is 26.6 Å². The molecule has 0 saturated carbocycles. The molecule has 0 heterocycles. The predicted molar refractivity (Wildman–Crippen MR) is 68.7 cm³/mol. The number of hydrogen-bond donors (Lipinski definition) is 4. The third-order valence-electron chi connectivity index (χ3n) is 1.98. The molecule has 0 saturated heterocycles. The summed E-state index contributed by atoms with van der Waals surface area (Å²) in [5.41, 5.74) is 0.703. The molecule has 0 aromatic heterocycles. The van der Waals surface area contributed by atoms with Crippen molar-refractivity contribution in [2.24, 2.45) is 0 Å². The Kier molecular flexibility index (Phi) is 6.13. The summed E-state index contributed by atoms with van der Waals surface area (Å²) in [7, 11) is 0. The normalized spacial score (nSPS) is 12.2. The molecule has 6 heteroatoms. The van der Waals surface area contributed by atoms with E-state index in [1.165, 1.54) is 0 Å². The van der Waals surface area contributed by atoms with E-state index in [0.29, 0.717) is 5.69 Å². The molecule has 1 aromatic rings. The first-order valence-corrected chi connectivity index (χ1v) is 5.96. The summed E-state index contributed by atoms with van der Waals surface area (Å²) in [4.78, 5) is 11.5. The Bertz CT molecular complexity index is 373. The quantitative estimate of drug-likeness (QED) is 0.610. The Morgan fingerprint density at radius 3 is 2.88 bits per heavy atom. The van der Waals surface area contributed by atoms with Gasteiger partial charge in [0.1, 0.15) is 0 Å². The number of carbonyl (C=O) groups excluding carboxylic acids is 1. The molecule has 0 aliphatic heterocycles. The minimum absolute atomic E-state index is 0.0869. The number of nitrogens with one attached hydrogen (secondary N) is 2. The van der Waals surface area contributed by atoms with Gasteiger partial charge in [-0.15, -0.1) is 0 Å². The molecular weight excluding hydrogens is 288 g/mol. The number of aliphatic hydroxyl groups is 2. The maximum atomic E-state index is 11.5. The van der Waals surface area contributed by atoms with Crippen molar-refractivity contribution in [3.8, 4) is 0 Å². The van der Waals surface area contributed by atoms with Crippen molar-refractivity contribution in [1.82, 2.24) is 5.32 Å². The Hall–Kier alpha value is -0.950. The molecule has 0 spiro atoms. The summed E-state index contributed by atoms with van der Waals surface area (Å²) in [6, 6.07) is 7.26. The second kappa shape index (κ2) is 7.39. The van der Waals surface area contributed by atoms with Crippen molar-refractivity contribution < 1.29 is 15.0 Å². The zero-order valence-electron chi connectivity index (χ0n) is 9.19. The molecule has 1 unspecified atom stereocenters. The van der Waals surface area contributed by atoms with E-state index in [9.17, 15) is 4.79 Å². The average Bonchev–Trinajstić information content (AvgIpc) is 2.28. The summed E-state index contributed by atoms with van der Waals surface area (Å²) < 4.78 is 0.888. The lowest BCUT2D eigenvalue weighted by Gasteiger charge is -2.09.